The molecule has 0 aliphatic heterocycles. The quantitative estimate of drug-likeness (QED) is 0.465. The summed E-state index contributed by atoms with van der Waals surface area (Å²) < 4.78 is 37.9. The van der Waals surface area contributed by atoms with Crippen LogP contribution in [0.5, 0.6) is 0 Å². The van der Waals surface area contributed by atoms with Crippen molar-refractivity contribution in [2.75, 3.05) is 19.8 Å². The minimum Gasteiger partial charge on any atom is -0.460 e. The Labute approximate surface area is 176 Å². The van der Waals surface area contributed by atoms with Crippen molar-refractivity contribution >= 4 is 12.1 Å². The van der Waals surface area contributed by atoms with Gasteiger partial charge in [0.15, 0.2) is 0 Å². The van der Waals surface area contributed by atoms with E-state index in [1.165, 1.54) is 0 Å². The van der Waals surface area contributed by atoms with Gasteiger partial charge in [0, 0.05) is 0 Å². The van der Waals surface area contributed by atoms with Gasteiger partial charge < -0.3 is 24.3 Å². The van der Waals surface area contributed by atoms with Crippen LogP contribution in [-0.4, -0.2) is 49.1 Å². The summed E-state index contributed by atoms with van der Waals surface area (Å²) >= 11 is 0. The Hall–Kier alpha value is -2.12. The van der Waals surface area contributed by atoms with E-state index in [2.05, 4.69) is 5.32 Å². The fraction of sp³-hybridized carbons (Fsp3) is 0.636. The number of hydrogen-bond acceptors (Lipinski definition) is 6. The maximum atomic E-state index is 12.2. The Morgan fingerprint density at radius 1 is 1.00 bits per heavy atom. The van der Waals surface area contributed by atoms with Crippen molar-refractivity contribution in [3.05, 3.63) is 35.9 Å². The molecular formula is C22H35NO6. The zero-order valence-corrected chi connectivity index (χ0v) is 18.2. The molecule has 1 aromatic rings. The van der Waals surface area contributed by atoms with Crippen LogP contribution in [0.3, 0.4) is 0 Å². The number of rotatable bonds is 10. The second-order valence-electron chi connectivity index (χ2n) is 8.50. The summed E-state index contributed by atoms with van der Waals surface area (Å²) in [4.78, 5) is 24.0. The number of benzene rings is 1. The molecule has 0 aromatic heterocycles. The first kappa shape index (κ1) is 21.6. The van der Waals surface area contributed by atoms with E-state index in [0.717, 1.165) is 5.56 Å². The number of hydrogen-bond donors (Lipinski definition) is 1. The van der Waals surface area contributed by atoms with Crippen molar-refractivity contribution in [1.29, 1.82) is 0 Å². The molecule has 164 valence electrons. The van der Waals surface area contributed by atoms with Crippen LogP contribution in [0.15, 0.2) is 30.3 Å². The molecule has 0 aliphatic carbocycles. The van der Waals surface area contributed by atoms with Crippen molar-refractivity contribution in [3.8, 4) is 0 Å². The van der Waals surface area contributed by atoms with Crippen LogP contribution in [0.1, 0.15) is 56.3 Å². The van der Waals surface area contributed by atoms with Gasteiger partial charge in [0.05, 0.1) is 41.6 Å². The van der Waals surface area contributed by atoms with Gasteiger partial charge in [-0.1, -0.05) is 30.3 Å². The zero-order chi connectivity index (χ0) is 23.7. The molecule has 1 amide bonds. The highest BCUT2D eigenvalue weighted by molar-refractivity contribution is 5.70. The Morgan fingerprint density at radius 3 is 2.21 bits per heavy atom. The second-order valence-corrected chi connectivity index (χ2v) is 8.50. The summed E-state index contributed by atoms with van der Waals surface area (Å²) in [5.74, 6) is -0.424. The highest BCUT2D eigenvalue weighted by Gasteiger charge is 2.20. The van der Waals surface area contributed by atoms with Crippen molar-refractivity contribution in [3.63, 3.8) is 0 Å². The molecule has 1 rings (SSSR count). The molecule has 0 bridgehead atoms. The lowest BCUT2D eigenvalue weighted by Gasteiger charge is -2.24. The number of esters is 1. The molecule has 1 N–H and O–H groups in total. The third-order valence-electron chi connectivity index (χ3n) is 3.15. The first-order valence-electron chi connectivity index (χ1n) is 10.6. The van der Waals surface area contributed by atoms with E-state index in [1.807, 2.05) is 30.3 Å². The van der Waals surface area contributed by atoms with Crippen LogP contribution < -0.4 is 5.32 Å². The highest BCUT2D eigenvalue weighted by Crippen LogP contribution is 2.09. The van der Waals surface area contributed by atoms with Gasteiger partial charge in [0.2, 0.25) is 0 Å². The van der Waals surface area contributed by atoms with Crippen LogP contribution in [0.4, 0.5) is 4.79 Å². The monoisotopic (exact) mass is 411 g/mol. The molecule has 0 unspecified atom stereocenters. The van der Waals surface area contributed by atoms with E-state index in [4.69, 9.17) is 21.7 Å². The van der Waals surface area contributed by atoms with E-state index in [9.17, 15) is 9.59 Å². The number of nitrogens with one attached hydrogen (secondary N) is 1. The Balaban J connectivity index is 2.70. The van der Waals surface area contributed by atoms with Crippen LogP contribution in [0, 0.1) is 0 Å². The molecule has 1 atom stereocenters. The molecule has 0 aliphatic rings. The fourth-order valence-corrected chi connectivity index (χ4v) is 2.10. The Kier molecular flexibility index (Phi) is 8.77. The van der Waals surface area contributed by atoms with Gasteiger partial charge in [0.25, 0.3) is 0 Å². The maximum absolute atomic E-state index is 12.2. The molecule has 1 aromatic carbocycles. The van der Waals surface area contributed by atoms with Crippen molar-refractivity contribution in [2.24, 2.45) is 0 Å². The smallest absolute Gasteiger partial charge is 0.408 e. The summed E-state index contributed by atoms with van der Waals surface area (Å²) in [5.41, 5.74) is -0.557. The summed E-state index contributed by atoms with van der Waals surface area (Å²) in [6, 6.07) is 7.95. The summed E-state index contributed by atoms with van der Waals surface area (Å²) in [6.45, 7) is 7.98. The molecule has 7 heteroatoms. The van der Waals surface area contributed by atoms with Crippen molar-refractivity contribution in [1.82, 2.24) is 5.32 Å². The average molecular weight is 412 g/mol. The highest BCUT2D eigenvalue weighted by atomic mass is 16.6. The lowest BCUT2D eigenvalue weighted by atomic mass is 10.2. The van der Waals surface area contributed by atoms with Gasteiger partial charge in [-0.3, -0.25) is 4.79 Å². The number of ether oxygens (including phenoxy) is 4. The SMILES string of the molecule is [2H]C([2H])(OCc1ccccc1)[C@H](COCCC(=O)OC(C)(C)C)NC(=O)OC(C)(C)C. The van der Waals surface area contributed by atoms with E-state index >= 15 is 0 Å². The first-order valence-corrected chi connectivity index (χ1v) is 9.65. The topological polar surface area (TPSA) is 83.1 Å². The van der Waals surface area contributed by atoms with Crippen molar-refractivity contribution < 1.29 is 31.3 Å². The maximum Gasteiger partial charge on any atom is 0.408 e. The summed E-state index contributed by atoms with van der Waals surface area (Å²) in [7, 11) is 0. The van der Waals surface area contributed by atoms with Crippen LogP contribution in [-0.2, 0) is 30.3 Å². The average Bonchev–Trinajstić information content (AvgIpc) is 2.60. The largest absolute Gasteiger partial charge is 0.460 e. The van der Waals surface area contributed by atoms with Gasteiger partial charge in [-0.15, -0.1) is 0 Å². The second kappa shape index (κ2) is 11.8. The van der Waals surface area contributed by atoms with Crippen molar-refractivity contribution in [2.45, 2.75) is 71.8 Å². The fourth-order valence-electron chi connectivity index (χ4n) is 2.10. The predicted molar refractivity (Wildman–Crippen MR) is 111 cm³/mol. The van der Waals surface area contributed by atoms with Gasteiger partial charge in [-0.25, -0.2) is 4.79 Å². The predicted octanol–water partition coefficient (Wildman–Crippen LogP) is 3.84. The van der Waals surface area contributed by atoms with Gasteiger partial charge in [0.1, 0.15) is 11.2 Å². The lowest BCUT2D eigenvalue weighted by Crippen LogP contribution is -2.44. The number of carbonyl (C=O) groups excluding carboxylic acids is 2. The summed E-state index contributed by atoms with van der Waals surface area (Å²) in [6.07, 6.45) is -0.787. The third kappa shape index (κ3) is 13.7. The molecule has 0 saturated carbocycles. The minimum atomic E-state index is -2.25. The Morgan fingerprint density at radius 2 is 1.62 bits per heavy atom. The molecule has 0 radical (unpaired) electrons. The van der Waals surface area contributed by atoms with E-state index < -0.39 is 35.9 Å². The standard InChI is InChI=1S/C22H35NO6/c1-21(2,3)28-19(24)12-13-26-15-18(23-20(25)29-22(4,5)6)16-27-14-17-10-8-7-9-11-17/h7-11,18H,12-16H2,1-6H3,(H,23,25)/t18-/m0/s1/i16D2. The van der Waals surface area contributed by atoms with E-state index in [-0.39, 0.29) is 26.2 Å². The third-order valence-corrected chi connectivity index (χ3v) is 3.15. The minimum absolute atomic E-state index is 0.00427. The van der Waals surface area contributed by atoms with Gasteiger partial charge in [-0.05, 0) is 47.1 Å². The van der Waals surface area contributed by atoms with Gasteiger partial charge >= 0.3 is 12.1 Å². The van der Waals surface area contributed by atoms with Crippen LogP contribution >= 0.6 is 0 Å². The molecule has 0 fully saturated rings. The first-order chi connectivity index (χ1) is 14.2. The number of amides is 1. The molecule has 0 saturated heterocycles. The lowest BCUT2D eigenvalue weighted by molar-refractivity contribution is -0.156. The molecule has 0 heterocycles. The molecule has 29 heavy (non-hydrogen) atoms. The number of alkyl carbamates (subject to hydrolysis) is 1. The van der Waals surface area contributed by atoms with Gasteiger partial charge in [-0.2, -0.15) is 0 Å². The Bertz CT molecular complexity index is 698. The van der Waals surface area contributed by atoms with E-state index in [0.29, 0.717) is 0 Å². The summed E-state index contributed by atoms with van der Waals surface area (Å²) in [5, 5.41) is 2.47. The zero-order valence-electron chi connectivity index (χ0n) is 20.2. The molecule has 7 nitrogen and oxygen atoms in total. The van der Waals surface area contributed by atoms with Crippen LogP contribution in [0.2, 0.25) is 0 Å². The normalized spacial score (nSPS) is 14.4. The molecular weight excluding hydrogens is 374 g/mol. The number of carbonyl (C=O) groups is 2. The molecule has 0 spiro atoms. The van der Waals surface area contributed by atoms with E-state index in [1.54, 1.807) is 41.5 Å². The van der Waals surface area contributed by atoms with Crippen LogP contribution in [0.25, 0.3) is 0 Å².